The molecule has 13 heavy (non-hydrogen) atoms. The molecule has 1 aromatic carbocycles. The third-order valence-electron chi connectivity index (χ3n) is 0.667. The fraction of sp³-hybridized carbons (Fsp3) is 0.500. The summed E-state index contributed by atoms with van der Waals surface area (Å²) in [5.74, 6) is 0. The summed E-state index contributed by atoms with van der Waals surface area (Å²) in [5.41, 5.74) is 14.4. The zero-order valence-corrected chi connectivity index (χ0v) is 11.6. The number of hydrogen-bond donors (Lipinski definition) is 0. The molecule has 0 fully saturated rings. The van der Waals surface area contributed by atoms with E-state index in [1.165, 1.54) is 0 Å². The zero-order valence-electron chi connectivity index (χ0n) is 9.82. The third kappa shape index (κ3) is 33.6. The van der Waals surface area contributed by atoms with Gasteiger partial charge >= 0.3 is 45.5 Å². The van der Waals surface area contributed by atoms with Crippen LogP contribution in [-0.2, 0) is 12.4 Å². The monoisotopic (exact) mass is 270 g/mol. The summed E-state index contributed by atoms with van der Waals surface area (Å²) in [6.45, 7) is 0. The first-order valence-electron chi connectivity index (χ1n) is 4.12. The van der Waals surface area contributed by atoms with Crippen molar-refractivity contribution in [2.24, 2.45) is 0 Å². The fourth-order valence-electron chi connectivity index (χ4n) is 0.385. The number of rotatable bonds is 0. The Morgan fingerprint density at radius 1 is 0.462 bits per heavy atom. The van der Waals surface area contributed by atoms with E-state index in [4.69, 9.17) is 0 Å². The van der Waals surface area contributed by atoms with Gasteiger partial charge in [-0.3, -0.25) is 0 Å². The van der Waals surface area contributed by atoms with Crippen LogP contribution in [0.1, 0.15) is 0 Å². The maximum Gasteiger partial charge on any atom is -0.0623 e. The average molecular weight is 269 g/mol. The van der Waals surface area contributed by atoms with E-state index >= 15 is 0 Å². The fourth-order valence-corrected chi connectivity index (χ4v) is 0.385. The molecule has 1 heteroatoms. The van der Waals surface area contributed by atoms with Gasteiger partial charge in [-0.1, -0.05) is 36.4 Å². The molecule has 0 radical (unpaired) electrons. The molecule has 0 saturated carbocycles. The summed E-state index contributed by atoms with van der Waals surface area (Å²) in [6, 6.07) is 12.0. The van der Waals surface area contributed by atoms with Gasteiger partial charge in [0.15, 0.2) is 0 Å². The Morgan fingerprint density at radius 2 is 0.538 bits per heavy atom. The minimum Gasteiger partial charge on any atom is -0.0623 e. The van der Waals surface area contributed by atoms with Crippen LogP contribution in [0.15, 0.2) is 36.4 Å². The molecule has 0 spiro atoms. The smallest absolute Gasteiger partial charge is 0.0623 e. The molecular formula is C12H24Ru. The predicted octanol–water partition coefficient (Wildman–Crippen LogP) is 5.19. The zero-order chi connectivity index (χ0) is 10.7. The molecule has 0 aromatic heterocycles. The minimum atomic E-state index is -2.05. The van der Waals surface area contributed by atoms with Crippen molar-refractivity contribution in [3.8, 4) is 0 Å². The molecule has 0 N–H and O–H groups in total. The van der Waals surface area contributed by atoms with E-state index in [0.29, 0.717) is 0 Å². The summed E-state index contributed by atoms with van der Waals surface area (Å²) in [5, 5.41) is 0. The van der Waals surface area contributed by atoms with Crippen molar-refractivity contribution < 1.29 is 12.4 Å². The second-order valence-electron chi connectivity index (χ2n) is 6.46. The van der Waals surface area contributed by atoms with E-state index in [2.05, 4.69) is 33.1 Å². The van der Waals surface area contributed by atoms with Crippen LogP contribution in [0, 0.1) is 0 Å². The van der Waals surface area contributed by atoms with E-state index in [9.17, 15) is 0 Å². The van der Waals surface area contributed by atoms with Gasteiger partial charge < -0.3 is 0 Å². The molecule has 0 bridgehead atoms. The van der Waals surface area contributed by atoms with Crippen molar-refractivity contribution >= 4 is 0 Å². The van der Waals surface area contributed by atoms with Crippen LogP contribution in [0.3, 0.4) is 0 Å². The molecule has 0 aliphatic carbocycles. The van der Waals surface area contributed by atoms with Gasteiger partial charge in [0.1, 0.15) is 0 Å². The quantitative estimate of drug-likeness (QED) is 0.569. The summed E-state index contributed by atoms with van der Waals surface area (Å²) in [4.78, 5) is 0. The van der Waals surface area contributed by atoms with Crippen molar-refractivity contribution in [3.63, 3.8) is 0 Å². The first-order valence-corrected chi connectivity index (χ1v) is 14.5. The standard InChI is InChI=1S/C6H6.6CH3.Ru/c1-2-4-6-5-3-1;;;;;;;/h1-6H;6*1H3;. The Labute approximate surface area is 82.0 Å². The van der Waals surface area contributed by atoms with Crippen LogP contribution >= 0.6 is 0 Å². The van der Waals surface area contributed by atoms with Gasteiger partial charge in [-0.15, -0.1) is 0 Å². The van der Waals surface area contributed by atoms with Crippen LogP contribution in [0.2, 0.25) is 33.1 Å². The molecule has 0 heterocycles. The largest absolute Gasteiger partial charge is 0.0623 e. The van der Waals surface area contributed by atoms with Crippen molar-refractivity contribution in [2.45, 2.75) is 33.1 Å². The molecule has 0 aliphatic rings. The maximum atomic E-state index is 2.40. The summed E-state index contributed by atoms with van der Waals surface area (Å²) in [7, 11) is 0. The summed E-state index contributed by atoms with van der Waals surface area (Å²) < 4.78 is 0. The normalized spacial score (nSPS) is 16.2. The second-order valence-corrected chi connectivity index (χ2v) is 32.5. The van der Waals surface area contributed by atoms with Crippen molar-refractivity contribution in [1.82, 2.24) is 0 Å². The minimum absolute atomic E-state index is 2.00. The van der Waals surface area contributed by atoms with Gasteiger partial charge in [0, 0.05) is 0 Å². The van der Waals surface area contributed by atoms with Gasteiger partial charge in [0.25, 0.3) is 0 Å². The molecule has 0 aliphatic heterocycles. The molecule has 0 nitrogen and oxygen atoms in total. The predicted molar refractivity (Wildman–Crippen MR) is 61.6 cm³/mol. The maximum absolute atomic E-state index is 2.40. The topological polar surface area (TPSA) is 0 Å². The summed E-state index contributed by atoms with van der Waals surface area (Å²) >= 11 is -2.05. The van der Waals surface area contributed by atoms with E-state index in [0.717, 1.165) is 0 Å². The van der Waals surface area contributed by atoms with Gasteiger partial charge in [0.2, 0.25) is 0 Å². The Morgan fingerprint density at radius 3 is 0.615 bits per heavy atom. The first-order chi connectivity index (χ1) is 5.45. The average Bonchev–Trinajstić information content (AvgIpc) is 1.84. The van der Waals surface area contributed by atoms with Crippen LogP contribution in [-0.4, -0.2) is 0 Å². The van der Waals surface area contributed by atoms with E-state index in [-0.39, 0.29) is 0 Å². The van der Waals surface area contributed by atoms with Crippen molar-refractivity contribution in [3.05, 3.63) is 36.4 Å². The van der Waals surface area contributed by atoms with Crippen LogP contribution in [0.5, 0.6) is 0 Å². The number of hydrogen-bond acceptors (Lipinski definition) is 0. The molecular weight excluding hydrogens is 245 g/mol. The number of benzene rings is 1. The molecule has 1 aromatic rings. The van der Waals surface area contributed by atoms with Crippen molar-refractivity contribution in [1.29, 1.82) is 0 Å². The third-order valence-corrected chi connectivity index (χ3v) is 0.667. The first kappa shape index (κ1) is 12.8. The van der Waals surface area contributed by atoms with Crippen LogP contribution in [0.25, 0.3) is 0 Å². The Kier molecular flexibility index (Phi) is 3.17. The van der Waals surface area contributed by atoms with E-state index < -0.39 is 12.4 Å². The van der Waals surface area contributed by atoms with Gasteiger partial charge in [0.05, 0.1) is 0 Å². The molecule has 1 rings (SSSR count). The molecule has 0 unspecified atom stereocenters. The van der Waals surface area contributed by atoms with Crippen LogP contribution < -0.4 is 0 Å². The second kappa shape index (κ2) is 3.21. The molecule has 0 saturated heterocycles. The van der Waals surface area contributed by atoms with E-state index in [1.54, 1.807) is 0 Å². The molecule has 80 valence electrons. The SMILES string of the molecule is [CH3][Ru]([CH3])([CH3])([CH3])([CH3])[CH3].c1ccccc1. The Bertz CT molecular complexity index is 197. The van der Waals surface area contributed by atoms with Gasteiger partial charge in [-0.05, 0) is 0 Å². The van der Waals surface area contributed by atoms with Gasteiger partial charge in [-0.2, -0.15) is 0 Å². The Balaban J connectivity index is 0.000000223. The van der Waals surface area contributed by atoms with Crippen molar-refractivity contribution in [2.75, 3.05) is 0 Å². The summed E-state index contributed by atoms with van der Waals surface area (Å²) in [6.07, 6.45) is 0. The Hall–Kier alpha value is -0.157. The van der Waals surface area contributed by atoms with Crippen LogP contribution in [0.4, 0.5) is 0 Å². The van der Waals surface area contributed by atoms with Gasteiger partial charge in [-0.25, -0.2) is 0 Å². The van der Waals surface area contributed by atoms with E-state index in [1.807, 2.05) is 36.4 Å². The molecule has 0 atom stereocenters. The molecule has 0 amide bonds.